The van der Waals surface area contributed by atoms with Gasteiger partial charge in [-0.15, -0.1) is 11.3 Å². The van der Waals surface area contributed by atoms with E-state index in [1.165, 1.54) is 11.3 Å². The van der Waals surface area contributed by atoms with Gasteiger partial charge in [-0.3, -0.25) is 4.40 Å². The largest absolute Gasteiger partial charge is 0.480 e. The molecule has 0 aliphatic heterocycles. The Labute approximate surface area is 118 Å². The minimum absolute atomic E-state index is 0.147. The minimum Gasteiger partial charge on any atom is -0.480 e. The van der Waals surface area contributed by atoms with Gasteiger partial charge in [0.25, 0.3) is 0 Å². The van der Waals surface area contributed by atoms with E-state index in [1.54, 1.807) is 7.11 Å². The molecule has 2 heterocycles. The van der Waals surface area contributed by atoms with Gasteiger partial charge in [0, 0.05) is 24.5 Å². The number of alkyl halides is 3. The van der Waals surface area contributed by atoms with Crippen molar-refractivity contribution in [3.63, 3.8) is 0 Å². The molecule has 0 saturated heterocycles. The third-order valence-electron chi connectivity index (χ3n) is 2.87. The highest BCUT2D eigenvalue weighted by atomic mass is 32.1. The fourth-order valence-electron chi connectivity index (χ4n) is 1.92. The van der Waals surface area contributed by atoms with Gasteiger partial charge in [-0.2, -0.15) is 18.2 Å². The molecule has 0 fully saturated rings. The summed E-state index contributed by atoms with van der Waals surface area (Å²) in [6.45, 7) is 1.06. The van der Waals surface area contributed by atoms with Crippen molar-refractivity contribution in [2.24, 2.45) is 0 Å². The fraction of sp³-hybridized carbons (Fsp3) is 0.583. The summed E-state index contributed by atoms with van der Waals surface area (Å²) >= 11 is 1.51. The first kappa shape index (κ1) is 15.1. The second kappa shape index (κ2) is 6.45. The fourth-order valence-corrected chi connectivity index (χ4v) is 2.64. The number of rotatable bonds is 7. The van der Waals surface area contributed by atoms with Crippen molar-refractivity contribution in [1.82, 2.24) is 14.7 Å². The highest BCUT2D eigenvalue weighted by molar-refractivity contribution is 7.15. The Morgan fingerprint density at radius 3 is 2.90 bits per heavy atom. The maximum absolute atomic E-state index is 12.0. The van der Waals surface area contributed by atoms with Gasteiger partial charge in [0.2, 0.25) is 5.88 Å². The summed E-state index contributed by atoms with van der Waals surface area (Å²) < 4.78 is 43.1. The summed E-state index contributed by atoms with van der Waals surface area (Å²) in [5, 5.41) is 5.05. The van der Waals surface area contributed by atoms with Crippen molar-refractivity contribution in [2.75, 3.05) is 13.7 Å². The lowest BCUT2D eigenvalue weighted by atomic mass is 10.2. The maximum Gasteiger partial charge on any atom is 0.389 e. The molecule has 0 aliphatic carbocycles. The quantitative estimate of drug-likeness (QED) is 0.798. The number of fused-ring (bicyclic) bond motifs is 1. The topological polar surface area (TPSA) is 38.6 Å². The number of nitrogens with one attached hydrogen (secondary N) is 1. The van der Waals surface area contributed by atoms with Crippen LogP contribution in [-0.2, 0) is 6.54 Å². The van der Waals surface area contributed by atoms with Crippen LogP contribution in [0, 0.1) is 0 Å². The molecule has 20 heavy (non-hydrogen) atoms. The van der Waals surface area contributed by atoms with E-state index >= 15 is 0 Å². The van der Waals surface area contributed by atoms with E-state index in [0.29, 0.717) is 25.4 Å². The van der Waals surface area contributed by atoms with Crippen LogP contribution in [0.15, 0.2) is 11.6 Å². The van der Waals surface area contributed by atoms with Gasteiger partial charge in [0.1, 0.15) is 5.69 Å². The Bertz CT molecular complexity index is 550. The summed E-state index contributed by atoms with van der Waals surface area (Å²) in [4.78, 5) is 5.15. The standard InChI is InChI=1S/C12H16F3N3OS/c1-19-10-9(18-6-7-20-11(18)17-10)8-16-5-3-2-4-12(13,14)15/h6-7,16H,2-5,8H2,1H3. The number of aromatic nitrogens is 2. The Kier molecular flexibility index (Phi) is 4.87. The molecule has 2 aromatic heterocycles. The smallest absolute Gasteiger partial charge is 0.389 e. The van der Waals surface area contributed by atoms with Gasteiger partial charge in [-0.1, -0.05) is 0 Å². The van der Waals surface area contributed by atoms with E-state index in [4.69, 9.17) is 4.74 Å². The zero-order valence-electron chi connectivity index (χ0n) is 11.0. The Balaban J connectivity index is 1.79. The predicted octanol–water partition coefficient (Wildman–Crippen LogP) is 3.23. The number of halogens is 3. The van der Waals surface area contributed by atoms with Gasteiger partial charge in [0.05, 0.1) is 7.11 Å². The Hall–Kier alpha value is -1.28. The van der Waals surface area contributed by atoms with Crippen molar-refractivity contribution in [3.05, 3.63) is 17.3 Å². The van der Waals surface area contributed by atoms with Gasteiger partial charge < -0.3 is 10.1 Å². The molecule has 1 N–H and O–H groups in total. The summed E-state index contributed by atoms with van der Waals surface area (Å²) in [7, 11) is 1.55. The number of unbranched alkanes of at least 4 members (excludes halogenated alkanes) is 1. The SMILES string of the molecule is COc1nc2sccn2c1CNCCCCC(F)(F)F. The van der Waals surface area contributed by atoms with Crippen LogP contribution in [-0.4, -0.2) is 29.2 Å². The highest BCUT2D eigenvalue weighted by Gasteiger charge is 2.25. The van der Waals surface area contributed by atoms with Crippen LogP contribution in [0.3, 0.4) is 0 Å². The predicted molar refractivity (Wildman–Crippen MR) is 71.2 cm³/mol. The molecule has 0 bridgehead atoms. The molecule has 2 rings (SSSR count). The number of ether oxygens (including phenoxy) is 1. The molecular weight excluding hydrogens is 291 g/mol. The van der Waals surface area contributed by atoms with Crippen LogP contribution < -0.4 is 10.1 Å². The number of hydrogen-bond acceptors (Lipinski definition) is 4. The zero-order valence-corrected chi connectivity index (χ0v) is 11.9. The first-order valence-electron chi connectivity index (χ1n) is 6.27. The van der Waals surface area contributed by atoms with E-state index in [-0.39, 0.29) is 6.42 Å². The van der Waals surface area contributed by atoms with Gasteiger partial charge in [-0.25, -0.2) is 0 Å². The molecule has 8 heteroatoms. The van der Waals surface area contributed by atoms with Crippen LogP contribution >= 0.6 is 11.3 Å². The van der Waals surface area contributed by atoms with Crippen molar-refractivity contribution in [3.8, 4) is 5.88 Å². The van der Waals surface area contributed by atoms with Crippen LogP contribution in [0.5, 0.6) is 5.88 Å². The molecule has 4 nitrogen and oxygen atoms in total. The van der Waals surface area contributed by atoms with E-state index in [2.05, 4.69) is 10.3 Å². The molecule has 2 aromatic rings. The molecule has 0 spiro atoms. The van der Waals surface area contributed by atoms with Crippen LogP contribution in [0.4, 0.5) is 13.2 Å². The van der Waals surface area contributed by atoms with Crippen molar-refractivity contribution >= 4 is 16.3 Å². The van der Waals surface area contributed by atoms with Crippen molar-refractivity contribution < 1.29 is 17.9 Å². The van der Waals surface area contributed by atoms with Crippen LogP contribution in [0.2, 0.25) is 0 Å². The number of methoxy groups -OCH3 is 1. The van der Waals surface area contributed by atoms with Crippen molar-refractivity contribution in [1.29, 1.82) is 0 Å². The Morgan fingerprint density at radius 2 is 2.20 bits per heavy atom. The first-order valence-corrected chi connectivity index (χ1v) is 7.15. The van der Waals surface area contributed by atoms with Crippen LogP contribution in [0.25, 0.3) is 4.96 Å². The second-order valence-electron chi connectivity index (χ2n) is 4.37. The molecule has 0 aromatic carbocycles. The Morgan fingerprint density at radius 1 is 1.40 bits per heavy atom. The average Bonchev–Trinajstić information content (AvgIpc) is 2.93. The van der Waals surface area contributed by atoms with Crippen molar-refractivity contribution in [2.45, 2.75) is 32.0 Å². The van der Waals surface area contributed by atoms with E-state index < -0.39 is 12.6 Å². The minimum atomic E-state index is -4.06. The third kappa shape index (κ3) is 3.86. The number of imidazole rings is 1. The average molecular weight is 307 g/mol. The lowest BCUT2D eigenvalue weighted by molar-refractivity contribution is -0.135. The lowest BCUT2D eigenvalue weighted by Gasteiger charge is -2.07. The van der Waals surface area contributed by atoms with E-state index in [9.17, 15) is 13.2 Å². The maximum atomic E-state index is 12.0. The molecule has 112 valence electrons. The molecule has 0 radical (unpaired) electrons. The normalized spacial score (nSPS) is 12.2. The van der Waals surface area contributed by atoms with Crippen LogP contribution in [0.1, 0.15) is 25.0 Å². The molecule has 0 atom stereocenters. The molecule has 0 saturated carbocycles. The van der Waals surface area contributed by atoms with E-state index in [1.807, 2.05) is 16.0 Å². The number of nitrogens with zero attached hydrogens (tertiary/aromatic N) is 2. The number of hydrogen-bond donors (Lipinski definition) is 1. The number of thiazole rings is 1. The summed E-state index contributed by atoms with van der Waals surface area (Å²) in [5.41, 5.74) is 0.888. The van der Waals surface area contributed by atoms with Gasteiger partial charge >= 0.3 is 6.18 Å². The summed E-state index contributed by atoms with van der Waals surface area (Å²) in [6.07, 6.45) is -2.24. The molecule has 0 amide bonds. The monoisotopic (exact) mass is 307 g/mol. The summed E-state index contributed by atoms with van der Waals surface area (Å²) in [5.74, 6) is 0.555. The second-order valence-corrected chi connectivity index (χ2v) is 5.25. The van der Waals surface area contributed by atoms with Gasteiger partial charge in [-0.05, 0) is 19.4 Å². The highest BCUT2D eigenvalue weighted by Crippen LogP contribution is 2.23. The molecular formula is C12H16F3N3OS. The first-order chi connectivity index (χ1) is 9.51. The van der Waals surface area contributed by atoms with E-state index in [0.717, 1.165) is 10.7 Å². The zero-order chi connectivity index (χ0) is 14.6. The lowest BCUT2D eigenvalue weighted by Crippen LogP contribution is -2.17. The summed E-state index contributed by atoms with van der Waals surface area (Å²) in [6, 6.07) is 0. The third-order valence-corrected chi connectivity index (χ3v) is 3.63. The molecule has 0 unspecified atom stereocenters. The molecule has 0 aliphatic rings. The van der Waals surface area contributed by atoms with Gasteiger partial charge in [0.15, 0.2) is 4.96 Å².